The molecule has 0 radical (unpaired) electrons. The van der Waals surface area contributed by atoms with E-state index in [0.29, 0.717) is 11.4 Å². The number of carbonyl (C=O) groups is 1. The molecule has 2 aromatic heterocycles. The van der Waals surface area contributed by atoms with Crippen molar-refractivity contribution in [2.45, 2.75) is 4.90 Å². The fraction of sp³-hybridized carbons (Fsp3) is 0. The first kappa shape index (κ1) is 18.4. The molecule has 2 N–H and O–H groups in total. The molecule has 10 heteroatoms. The van der Waals surface area contributed by atoms with Gasteiger partial charge >= 0.3 is 6.01 Å². The lowest BCUT2D eigenvalue weighted by atomic mass is 10.2. The van der Waals surface area contributed by atoms with E-state index in [4.69, 9.17) is 8.83 Å². The molecular weight excluding hydrogens is 396 g/mol. The summed E-state index contributed by atoms with van der Waals surface area (Å²) in [5, 5.41) is 10.00. The molecule has 2 aromatic carbocycles. The summed E-state index contributed by atoms with van der Waals surface area (Å²) in [7, 11) is -3.71. The van der Waals surface area contributed by atoms with Crippen LogP contribution >= 0.6 is 0 Å². The van der Waals surface area contributed by atoms with Gasteiger partial charge in [0.15, 0.2) is 5.76 Å². The number of anilines is 2. The van der Waals surface area contributed by atoms with Gasteiger partial charge in [-0.3, -0.25) is 14.8 Å². The molecule has 29 heavy (non-hydrogen) atoms. The Hall–Kier alpha value is -3.92. The van der Waals surface area contributed by atoms with Crippen molar-refractivity contribution in [2.24, 2.45) is 0 Å². The van der Waals surface area contributed by atoms with Gasteiger partial charge in [-0.1, -0.05) is 23.3 Å². The number of furan rings is 1. The Bertz CT molecular complexity index is 1220. The van der Waals surface area contributed by atoms with Crippen molar-refractivity contribution in [3.05, 3.63) is 78.6 Å². The number of benzene rings is 2. The van der Waals surface area contributed by atoms with E-state index in [2.05, 4.69) is 20.2 Å². The summed E-state index contributed by atoms with van der Waals surface area (Å²) >= 11 is 0. The highest BCUT2D eigenvalue weighted by molar-refractivity contribution is 7.92. The van der Waals surface area contributed by atoms with Gasteiger partial charge in [0.2, 0.25) is 0 Å². The number of nitrogens with one attached hydrogen (secondary N) is 2. The molecular formula is C19H14N4O5S. The molecule has 0 aliphatic rings. The maximum atomic E-state index is 12.3. The second kappa shape index (κ2) is 7.60. The summed E-state index contributed by atoms with van der Waals surface area (Å²) in [5.41, 5.74) is 0.605. The van der Waals surface area contributed by atoms with Crippen molar-refractivity contribution in [2.75, 3.05) is 10.0 Å². The summed E-state index contributed by atoms with van der Waals surface area (Å²) in [4.78, 5) is 12.5. The molecule has 0 fully saturated rings. The smallest absolute Gasteiger partial charge is 0.322 e. The third-order valence-corrected chi connectivity index (χ3v) is 5.23. The third-order valence-electron chi connectivity index (χ3n) is 3.83. The molecule has 0 saturated carbocycles. The monoisotopic (exact) mass is 410 g/mol. The Morgan fingerprint density at radius 3 is 2.34 bits per heavy atom. The molecule has 0 atom stereocenters. The molecule has 1 amide bonds. The minimum atomic E-state index is -3.71. The zero-order chi connectivity index (χ0) is 20.3. The second-order valence-electron chi connectivity index (χ2n) is 5.84. The van der Waals surface area contributed by atoms with E-state index in [0.717, 1.165) is 0 Å². The molecule has 9 nitrogen and oxygen atoms in total. The maximum absolute atomic E-state index is 12.3. The van der Waals surface area contributed by atoms with Gasteiger partial charge in [0.25, 0.3) is 21.8 Å². The lowest BCUT2D eigenvalue weighted by Gasteiger charge is -2.08. The van der Waals surface area contributed by atoms with Gasteiger partial charge in [-0.2, -0.15) is 0 Å². The van der Waals surface area contributed by atoms with E-state index in [-0.39, 0.29) is 22.4 Å². The Kier molecular flexibility index (Phi) is 4.83. The number of hydrogen-bond donors (Lipinski definition) is 2. The average Bonchev–Trinajstić information content (AvgIpc) is 3.41. The molecule has 0 bridgehead atoms. The highest BCUT2D eigenvalue weighted by Gasteiger charge is 2.16. The number of nitrogens with zero attached hydrogens (tertiary/aromatic N) is 2. The molecule has 4 aromatic rings. The summed E-state index contributed by atoms with van der Waals surface area (Å²) in [6.07, 6.45) is 1.46. The molecule has 0 spiro atoms. The van der Waals surface area contributed by atoms with Gasteiger partial charge in [0, 0.05) is 11.3 Å². The Balaban J connectivity index is 1.43. The quantitative estimate of drug-likeness (QED) is 0.499. The number of amides is 1. The van der Waals surface area contributed by atoms with Crippen LogP contribution in [-0.2, 0) is 10.0 Å². The van der Waals surface area contributed by atoms with Crippen molar-refractivity contribution in [3.8, 4) is 11.7 Å². The van der Waals surface area contributed by atoms with Crippen LogP contribution in [0.1, 0.15) is 10.4 Å². The number of sulfonamides is 1. The van der Waals surface area contributed by atoms with Gasteiger partial charge in [-0.15, -0.1) is 5.10 Å². The summed E-state index contributed by atoms with van der Waals surface area (Å²) < 4.78 is 37.6. The Morgan fingerprint density at radius 1 is 0.897 bits per heavy atom. The number of rotatable bonds is 6. The van der Waals surface area contributed by atoms with Gasteiger partial charge in [-0.25, -0.2) is 8.42 Å². The molecule has 0 unspecified atom stereocenters. The van der Waals surface area contributed by atoms with Crippen LogP contribution in [0.3, 0.4) is 0 Å². The predicted octanol–water partition coefficient (Wildman–Crippen LogP) is 3.38. The molecule has 2 heterocycles. The third kappa shape index (κ3) is 4.17. The van der Waals surface area contributed by atoms with Crippen LogP contribution in [0, 0.1) is 0 Å². The SMILES string of the molecule is O=C(Nc1nnc(-c2ccco2)o1)c1ccc(NS(=O)(=O)c2ccccc2)cc1. The normalized spacial score (nSPS) is 11.2. The van der Waals surface area contributed by atoms with Crippen LogP contribution < -0.4 is 10.0 Å². The highest BCUT2D eigenvalue weighted by atomic mass is 32.2. The minimum Gasteiger partial charge on any atom is -0.459 e. The van der Waals surface area contributed by atoms with Crippen LogP contribution in [0.4, 0.5) is 11.7 Å². The molecule has 146 valence electrons. The first-order valence-corrected chi connectivity index (χ1v) is 9.86. The van der Waals surface area contributed by atoms with E-state index in [1.54, 1.807) is 30.3 Å². The van der Waals surface area contributed by atoms with Crippen molar-refractivity contribution in [1.29, 1.82) is 0 Å². The number of aromatic nitrogens is 2. The molecule has 0 aliphatic heterocycles. The van der Waals surface area contributed by atoms with Crippen molar-refractivity contribution in [1.82, 2.24) is 10.2 Å². The maximum Gasteiger partial charge on any atom is 0.322 e. The molecule has 0 aliphatic carbocycles. The number of carbonyl (C=O) groups excluding carboxylic acids is 1. The van der Waals surface area contributed by atoms with E-state index in [1.165, 1.54) is 42.7 Å². The topological polar surface area (TPSA) is 127 Å². The average molecular weight is 410 g/mol. The van der Waals surface area contributed by atoms with E-state index < -0.39 is 15.9 Å². The van der Waals surface area contributed by atoms with Gasteiger partial charge in [0.1, 0.15) is 0 Å². The summed E-state index contributed by atoms with van der Waals surface area (Å²) in [5.74, 6) is 0.0288. The summed E-state index contributed by atoms with van der Waals surface area (Å²) in [6.45, 7) is 0. The molecule has 4 rings (SSSR count). The highest BCUT2D eigenvalue weighted by Crippen LogP contribution is 2.21. The van der Waals surface area contributed by atoms with Crippen LogP contribution in [0.15, 0.2) is 86.7 Å². The van der Waals surface area contributed by atoms with E-state index >= 15 is 0 Å². The fourth-order valence-corrected chi connectivity index (χ4v) is 3.53. The lowest BCUT2D eigenvalue weighted by Crippen LogP contribution is -2.14. The van der Waals surface area contributed by atoms with Gasteiger partial charge < -0.3 is 8.83 Å². The first-order chi connectivity index (χ1) is 14.0. The van der Waals surface area contributed by atoms with Crippen LogP contribution in [0.25, 0.3) is 11.7 Å². The second-order valence-corrected chi connectivity index (χ2v) is 7.52. The fourth-order valence-electron chi connectivity index (χ4n) is 2.45. The van der Waals surface area contributed by atoms with Crippen LogP contribution in [0.5, 0.6) is 0 Å². The van der Waals surface area contributed by atoms with Crippen molar-refractivity contribution in [3.63, 3.8) is 0 Å². The van der Waals surface area contributed by atoms with E-state index in [1.807, 2.05) is 0 Å². The first-order valence-electron chi connectivity index (χ1n) is 8.38. The van der Waals surface area contributed by atoms with Gasteiger partial charge in [0.05, 0.1) is 11.2 Å². The van der Waals surface area contributed by atoms with Crippen molar-refractivity contribution >= 4 is 27.6 Å². The zero-order valence-electron chi connectivity index (χ0n) is 14.8. The lowest BCUT2D eigenvalue weighted by molar-refractivity contribution is 0.102. The Labute approximate surface area is 165 Å². The Morgan fingerprint density at radius 2 is 1.66 bits per heavy atom. The van der Waals surface area contributed by atoms with E-state index in [9.17, 15) is 13.2 Å². The predicted molar refractivity (Wildman–Crippen MR) is 104 cm³/mol. The largest absolute Gasteiger partial charge is 0.459 e. The van der Waals surface area contributed by atoms with Gasteiger partial charge in [-0.05, 0) is 48.5 Å². The van der Waals surface area contributed by atoms with Crippen molar-refractivity contribution < 1.29 is 22.0 Å². The zero-order valence-corrected chi connectivity index (χ0v) is 15.6. The van der Waals surface area contributed by atoms with Crippen LogP contribution in [-0.4, -0.2) is 24.5 Å². The minimum absolute atomic E-state index is 0.0877. The summed E-state index contributed by atoms with van der Waals surface area (Å²) in [6, 6.07) is 17.1. The number of hydrogen-bond acceptors (Lipinski definition) is 7. The van der Waals surface area contributed by atoms with Crippen LogP contribution in [0.2, 0.25) is 0 Å². The molecule has 0 saturated heterocycles. The standard InChI is InChI=1S/C19H14N4O5S/c24-17(20-19-22-21-18(28-19)16-7-4-12-27-16)13-8-10-14(11-9-13)23-29(25,26)15-5-2-1-3-6-15/h1-12,23H,(H,20,22,24).